The molecule has 0 N–H and O–H groups in total. The van der Waals surface area contributed by atoms with Crippen molar-refractivity contribution in [2.24, 2.45) is 0 Å². The van der Waals surface area contributed by atoms with Crippen molar-refractivity contribution in [1.82, 2.24) is 14.8 Å². The van der Waals surface area contributed by atoms with Gasteiger partial charge in [-0.3, -0.25) is 9.36 Å². The van der Waals surface area contributed by atoms with Gasteiger partial charge < -0.3 is 9.32 Å². The minimum absolute atomic E-state index is 0.0995. The third-order valence-electron chi connectivity index (χ3n) is 6.01. The van der Waals surface area contributed by atoms with Gasteiger partial charge in [0.15, 0.2) is 11.0 Å². The summed E-state index contributed by atoms with van der Waals surface area (Å²) in [6.45, 7) is 5.23. The SMILES string of the molecule is Cc1occc1-c1nnc(SC(C)C(=O)N2CCCc3ccccc32)n1Cc1ccccc1. The lowest BCUT2D eigenvalue weighted by atomic mass is 10.0. The van der Waals surface area contributed by atoms with Gasteiger partial charge in [0.1, 0.15) is 5.76 Å². The Bertz CT molecular complexity index is 1260. The van der Waals surface area contributed by atoms with Crippen molar-refractivity contribution < 1.29 is 9.21 Å². The zero-order valence-electron chi connectivity index (χ0n) is 18.8. The molecular weight excluding hydrogens is 432 g/mol. The Morgan fingerprint density at radius 1 is 1.09 bits per heavy atom. The highest BCUT2D eigenvalue weighted by molar-refractivity contribution is 8.00. The average molecular weight is 459 g/mol. The number of fused-ring (bicyclic) bond motifs is 1. The molecule has 0 radical (unpaired) electrons. The summed E-state index contributed by atoms with van der Waals surface area (Å²) in [4.78, 5) is 15.4. The summed E-state index contributed by atoms with van der Waals surface area (Å²) >= 11 is 1.46. The molecule has 1 atom stereocenters. The Morgan fingerprint density at radius 3 is 2.67 bits per heavy atom. The van der Waals surface area contributed by atoms with Crippen LogP contribution in [0.15, 0.2) is 76.5 Å². The monoisotopic (exact) mass is 458 g/mol. The van der Waals surface area contributed by atoms with Crippen molar-refractivity contribution in [1.29, 1.82) is 0 Å². The molecule has 0 spiro atoms. The highest BCUT2D eigenvalue weighted by atomic mass is 32.2. The molecule has 5 rings (SSSR count). The van der Waals surface area contributed by atoms with Gasteiger partial charge in [-0.1, -0.05) is 60.3 Å². The van der Waals surface area contributed by atoms with Crippen LogP contribution in [-0.2, 0) is 17.8 Å². The Hall–Kier alpha value is -3.32. The topological polar surface area (TPSA) is 64.2 Å². The molecule has 1 amide bonds. The molecule has 0 saturated carbocycles. The van der Waals surface area contributed by atoms with Gasteiger partial charge >= 0.3 is 0 Å². The largest absolute Gasteiger partial charge is 0.469 e. The summed E-state index contributed by atoms with van der Waals surface area (Å²) in [6, 6.07) is 20.3. The van der Waals surface area contributed by atoms with Crippen LogP contribution in [0.3, 0.4) is 0 Å². The molecule has 7 heteroatoms. The van der Waals surface area contributed by atoms with Crippen LogP contribution in [0.25, 0.3) is 11.4 Å². The third kappa shape index (κ3) is 4.33. The normalized spacial score (nSPS) is 14.2. The summed E-state index contributed by atoms with van der Waals surface area (Å²) < 4.78 is 7.59. The average Bonchev–Trinajstić information content (AvgIpc) is 3.44. The number of carbonyl (C=O) groups excluding carboxylic acids is 1. The number of rotatable bonds is 6. The number of carbonyl (C=O) groups is 1. The Labute approximate surface area is 197 Å². The number of aromatic nitrogens is 3. The van der Waals surface area contributed by atoms with Crippen LogP contribution in [0.1, 0.15) is 30.2 Å². The number of hydrogen-bond acceptors (Lipinski definition) is 5. The molecule has 33 heavy (non-hydrogen) atoms. The second-order valence-corrected chi connectivity index (χ2v) is 9.56. The number of anilines is 1. The fraction of sp³-hybridized carbons (Fsp3) is 0.269. The van der Waals surface area contributed by atoms with E-state index in [1.165, 1.54) is 17.3 Å². The van der Waals surface area contributed by atoms with Gasteiger partial charge in [-0.2, -0.15) is 0 Å². The van der Waals surface area contributed by atoms with Crippen LogP contribution in [0, 0.1) is 6.92 Å². The summed E-state index contributed by atoms with van der Waals surface area (Å²) in [7, 11) is 0. The van der Waals surface area contributed by atoms with E-state index in [0.717, 1.165) is 52.9 Å². The van der Waals surface area contributed by atoms with Crippen LogP contribution in [0.4, 0.5) is 5.69 Å². The first kappa shape index (κ1) is 21.5. The molecule has 0 fully saturated rings. The number of benzene rings is 2. The maximum absolute atomic E-state index is 13.5. The van der Waals surface area contributed by atoms with Crippen LogP contribution < -0.4 is 4.90 Å². The lowest BCUT2D eigenvalue weighted by molar-refractivity contribution is -0.117. The molecule has 4 aromatic rings. The number of para-hydroxylation sites is 1. The van der Waals surface area contributed by atoms with E-state index in [4.69, 9.17) is 4.42 Å². The van der Waals surface area contributed by atoms with Gasteiger partial charge in [0.2, 0.25) is 5.91 Å². The molecular formula is C26H26N4O2S. The minimum atomic E-state index is -0.298. The van der Waals surface area contributed by atoms with E-state index in [1.54, 1.807) is 6.26 Å². The highest BCUT2D eigenvalue weighted by Crippen LogP contribution is 2.33. The Kier molecular flexibility index (Phi) is 6.05. The highest BCUT2D eigenvalue weighted by Gasteiger charge is 2.29. The first-order valence-corrected chi connectivity index (χ1v) is 12.1. The van der Waals surface area contributed by atoms with Gasteiger partial charge in [-0.05, 0) is 49.9 Å². The Morgan fingerprint density at radius 2 is 1.88 bits per heavy atom. The zero-order chi connectivity index (χ0) is 22.8. The second-order valence-electron chi connectivity index (χ2n) is 8.25. The van der Waals surface area contributed by atoms with E-state index < -0.39 is 0 Å². The molecule has 168 valence electrons. The predicted octanol–water partition coefficient (Wildman–Crippen LogP) is 5.35. The van der Waals surface area contributed by atoms with Crippen LogP contribution >= 0.6 is 11.8 Å². The van der Waals surface area contributed by atoms with Gasteiger partial charge in [-0.15, -0.1) is 10.2 Å². The van der Waals surface area contributed by atoms with Crippen molar-refractivity contribution in [2.75, 3.05) is 11.4 Å². The number of hydrogen-bond donors (Lipinski definition) is 0. The smallest absolute Gasteiger partial charge is 0.240 e. The summed E-state index contributed by atoms with van der Waals surface area (Å²) in [5, 5.41) is 9.39. The molecule has 3 heterocycles. The van der Waals surface area contributed by atoms with Crippen molar-refractivity contribution in [3.05, 3.63) is 83.8 Å². The van der Waals surface area contributed by atoms with E-state index in [1.807, 2.05) is 61.2 Å². The molecule has 1 unspecified atom stereocenters. The van der Waals surface area contributed by atoms with Crippen LogP contribution in [0.5, 0.6) is 0 Å². The first-order valence-electron chi connectivity index (χ1n) is 11.2. The third-order valence-corrected chi connectivity index (χ3v) is 7.07. The molecule has 0 saturated heterocycles. The van der Waals surface area contributed by atoms with Crippen LogP contribution in [0.2, 0.25) is 0 Å². The number of furan rings is 1. The lowest BCUT2D eigenvalue weighted by Gasteiger charge is -2.31. The van der Waals surface area contributed by atoms with Gasteiger partial charge in [0.05, 0.1) is 23.6 Å². The molecule has 0 bridgehead atoms. The summed E-state index contributed by atoms with van der Waals surface area (Å²) in [5.74, 6) is 1.64. The predicted molar refractivity (Wildman–Crippen MR) is 130 cm³/mol. The fourth-order valence-corrected chi connectivity index (χ4v) is 5.20. The van der Waals surface area contributed by atoms with Gasteiger partial charge in [0, 0.05) is 12.2 Å². The number of nitrogens with zero attached hydrogens (tertiary/aromatic N) is 4. The van der Waals surface area contributed by atoms with Crippen molar-refractivity contribution in [3.63, 3.8) is 0 Å². The maximum Gasteiger partial charge on any atom is 0.240 e. The standard InChI is InChI=1S/C26H26N4O2S/c1-18-22(14-16-32-18)24-27-28-26(30(24)17-20-9-4-3-5-10-20)33-19(2)25(31)29-15-8-12-21-11-6-7-13-23(21)29/h3-7,9-11,13-14,16,19H,8,12,15,17H2,1-2H3. The van der Waals surface area contributed by atoms with E-state index in [-0.39, 0.29) is 11.2 Å². The van der Waals surface area contributed by atoms with E-state index in [9.17, 15) is 4.79 Å². The quantitative estimate of drug-likeness (QED) is 0.364. The number of thioether (sulfide) groups is 1. The van der Waals surface area contributed by atoms with Crippen molar-refractivity contribution in [3.8, 4) is 11.4 Å². The molecule has 2 aromatic heterocycles. The fourth-order valence-electron chi connectivity index (χ4n) is 4.29. The van der Waals surface area contributed by atoms with Gasteiger partial charge in [0.25, 0.3) is 0 Å². The van der Waals surface area contributed by atoms with Crippen molar-refractivity contribution >= 4 is 23.4 Å². The molecule has 6 nitrogen and oxygen atoms in total. The first-order chi connectivity index (χ1) is 16.1. The number of aryl methyl sites for hydroxylation is 2. The molecule has 1 aliphatic rings. The summed E-state index contributed by atoms with van der Waals surface area (Å²) in [5.41, 5.74) is 4.32. The van der Waals surface area contributed by atoms with Crippen molar-refractivity contribution in [2.45, 2.75) is 43.6 Å². The number of amides is 1. The molecule has 0 aliphatic carbocycles. The van der Waals surface area contributed by atoms with E-state index >= 15 is 0 Å². The second kappa shape index (κ2) is 9.27. The van der Waals surface area contributed by atoms with Crippen LogP contribution in [-0.4, -0.2) is 32.5 Å². The Balaban J connectivity index is 1.44. The van der Waals surface area contributed by atoms with E-state index in [2.05, 4.69) is 33.0 Å². The minimum Gasteiger partial charge on any atom is -0.469 e. The molecule has 1 aliphatic heterocycles. The maximum atomic E-state index is 13.5. The van der Waals surface area contributed by atoms with Gasteiger partial charge in [-0.25, -0.2) is 0 Å². The zero-order valence-corrected chi connectivity index (χ0v) is 19.6. The summed E-state index contributed by atoms with van der Waals surface area (Å²) in [6.07, 6.45) is 3.66. The molecule has 2 aromatic carbocycles. The van der Waals surface area contributed by atoms with E-state index in [0.29, 0.717) is 6.54 Å². The lowest BCUT2D eigenvalue weighted by Crippen LogP contribution is -2.40.